The monoisotopic (exact) mass is 595 g/mol. The third kappa shape index (κ3) is 7.68. The SMILES string of the molecule is Cc1ccc(N(CC(=O)N(Cc2cccc(Cl)c2)[C@H](C)C(=O)NC2CCCCC2)S(=O)(=O)c2ccccc2)cc1C. The van der Waals surface area contributed by atoms with Gasteiger partial charge in [-0.2, -0.15) is 0 Å². The van der Waals surface area contributed by atoms with Crippen LogP contribution in [0, 0.1) is 13.8 Å². The molecule has 218 valence electrons. The molecule has 2 amide bonds. The van der Waals surface area contributed by atoms with Crippen LogP contribution in [-0.2, 0) is 26.2 Å². The van der Waals surface area contributed by atoms with E-state index in [1.807, 2.05) is 26.0 Å². The second kappa shape index (κ2) is 13.5. The van der Waals surface area contributed by atoms with Gasteiger partial charge in [-0.25, -0.2) is 8.42 Å². The summed E-state index contributed by atoms with van der Waals surface area (Å²) < 4.78 is 29.0. The molecular weight excluding hydrogens is 558 g/mol. The van der Waals surface area contributed by atoms with Crippen molar-refractivity contribution in [2.45, 2.75) is 76.4 Å². The highest BCUT2D eigenvalue weighted by atomic mass is 35.5. The van der Waals surface area contributed by atoms with Gasteiger partial charge in [0, 0.05) is 17.6 Å². The topological polar surface area (TPSA) is 86.8 Å². The van der Waals surface area contributed by atoms with Crippen molar-refractivity contribution in [3.8, 4) is 0 Å². The first-order valence-corrected chi connectivity index (χ1v) is 15.9. The quantitative estimate of drug-likeness (QED) is 0.311. The summed E-state index contributed by atoms with van der Waals surface area (Å²) in [5.74, 6) is -0.745. The Balaban J connectivity index is 1.68. The van der Waals surface area contributed by atoms with E-state index in [2.05, 4.69) is 5.32 Å². The molecule has 1 fully saturated rings. The first kappa shape index (κ1) is 30.6. The van der Waals surface area contributed by atoms with Gasteiger partial charge in [-0.05, 0) is 86.7 Å². The number of sulfonamides is 1. The maximum atomic E-state index is 14.1. The van der Waals surface area contributed by atoms with Crippen molar-refractivity contribution in [1.29, 1.82) is 0 Å². The van der Waals surface area contributed by atoms with Crippen LogP contribution in [0.2, 0.25) is 5.02 Å². The third-order valence-electron chi connectivity index (χ3n) is 7.75. The molecule has 0 spiro atoms. The minimum Gasteiger partial charge on any atom is -0.352 e. The number of hydrogen-bond acceptors (Lipinski definition) is 4. The van der Waals surface area contributed by atoms with Crippen LogP contribution in [0.25, 0.3) is 0 Å². The third-order valence-corrected chi connectivity index (χ3v) is 9.77. The molecule has 4 rings (SSSR count). The number of amides is 2. The number of aryl methyl sites for hydroxylation is 2. The van der Waals surface area contributed by atoms with Crippen molar-refractivity contribution in [3.05, 3.63) is 94.5 Å². The Kier molecular flexibility index (Phi) is 10.1. The number of carbonyl (C=O) groups excluding carboxylic acids is 2. The fraction of sp³-hybridized carbons (Fsp3) is 0.375. The Hall–Kier alpha value is -3.36. The molecule has 1 atom stereocenters. The van der Waals surface area contributed by atoms with Crippen molar-refractivity contribution in [2.75, 3.05) is 10.8 Å². The smallest absolute Gasteiger partial charge is 0.264 e. The summed E-state index contributed by atoms with van der Waals surface area (Å²) in [7, 11) is -4.10. The molecule has 3 aromatic carbocycles. The van der Waals surface area contributed by atoms with Gasteiger partial charge < -0.3 is 10.2 Å². The fourth-order valence-corrected chi connectivity index (χ4v) is 6.75. The number of carbonyl (C=O) groups is 2. The van der Waals surface area contributed by atoms with E-state index >= 15 is 0 Å². The predicted octanol–water partition coefficient (Wildman–Crippen LogP) is 6.02. The maximum absolute atomic E-state index is 14.1. The molecular formula is C32H38ClN3O4S. The van der Waals surface area contributed by atoms with Crippen molar-refractivity contribution in [3.63, 3.8) is 0 Å². The number of nitrogens with zero attached hydrogens (tertiary/aromatic N) is 2. The van der Waals surface area contributed by atoms with Crippen LogP contribution in [0.15, 0.2) is 77.7 Å². The lowest BCUT2D eigenvalue weighted by atomic mass is 9.95. The summed E-state index contributed by atoms with van der Waals surface area (Å²) in [5.41, 5.74) is 3.03. The van der Waals surface area contributed by atoms with Crippen LogP contribution in [-0.4, -0.2) is 43.8 Å². The average Bonchev–Trinajstić information content (AvgIpc) is 2.96. The Morgan fingerprint density at radius 3 is 2.29 bits per heavy atom. The molecule has 41 heavy (non-hydrogen) atoms. The van der Waals surface area contributed by atoms with E-state index in [1.165, 1.54) is 17.0 Å². The van der Waals surface area contributed by atoms with Crippen LogP contribution in [0.5, 0.6) is 0 Å². The molecule has 0 aliphatic heterocycles. The number of hydrogen-bond donors (Lipinski definition) is 1. The first-order chi connectivity index (χ1) is 19.6. The highest BCUT2D eigenvalue weighted by molar-refractivity contribution is 7.92. The molecule has 0 radical (unpaired) electrons. The summed E-state index contributed by atoms with van der Waals surface area (Å²) in [6.07, 6.45) is 5.11. The summed E-state index contributed by atoms with van der Waals surface area (Å²) in [4.78, 5) is 29.0. The molecule has 1 aliphatic carbocycles. The standard InChI is InChI=1S/C32H38ClN3O4S/c1-23-17-18-29(19-24(23)2)36(41(39,40)30-15-8-5-9-16-30)22-31(37)35(21-26-11-10-12-27(33)20-26)25(3)32(38)34-28-13-6-4-7-14-28/h5,8-12,15-20,25,28H,4,6-7,13-14,21-22H2,1-3H3,(H,34,38)/t25-/m1/s1. The zero-order valence-corrected chi connectivity index (χ0v) is 25.4. The molecule has 0 saturated heterocycles. The largest absolute Gasteiger partial charge is 0.352 e. The summed E-state index contributed by atoms with van der Waals surface area (Å²) in [6, 6.07) is 19.7. The molecule has 0 heterocycles. The lowest BCUT2D eigenvalue weighted by Gasteiger charge is -2.33. The number of rotatable bonds is 10. The number of benzene rings is 3. The predicted molar refractivity (Wildman–Crippen MR) is 163 cm³/mol. The molecule has 0 unspecified atom stereocenters. The first-order valence-electron chi connectivity index (χ1n) is 14.1. The van der Waals surface area contributed by atoms with Gasteiger partial charge in [-0.1, -0.05) is 67.3 Å². The van der Waals surface area contributed by atoms with Crippen LogP contribution >= 0.6 is 11.6 Å². The van der Waals surface area contributed by atoms with Crippen molar-refractivity contribution < 1.29 is 18.0 Å². The van der Waals surface area contributed by atoms with E-state index in [0.717, 1.165) is 53.1 Å². The molecule has 1 N–H and O–H groups in total. The zero-order chi connectivity index (χ0) is 29.6. The van der Waals surface area contributed by atoms with Gasteiger partial charge in [0.1, 0.15) is 12.6 Å². The van der Waals surface area contributed by atoms with Crippen molar-refractivity contribution >= 4 is 39.1 Å². The Bertz CT molecular complexity index is 1470. The molecule has 3 aromatic rings. The fourth-order valence-electron chi connectivity index (χ4n) is 5.11. The van der Waals surface area contributed by atoms with Gasteiger partial charge in [0.05, 0.1) is 10.6 Å². The lowest BCUT2D eigenvalue weighted by Crippen LogP contribution is -2.53. The Morgan fingerprint density at radius 2 is 1.63 bits per heavy atom. The van der Waals surface area contributed by atoms with Crippen LogP contribution in [0.4, 0.5) is 5.69 Å². The van der Waals surface area contributed by atoms with Crippen LogP contribution < -0.4 is 9.62 Å². The van der Waals surface area contributed by atoms with E-state index in [9.17, 15) is 18.0 Å². The molecule has 9 heteroatoms. The number of nitrogens with one attached hydrogen (secondary N) is 1. The molecule has 7 nitrogen and oxygen atoms in total. The van der Waals surface area contributed by atoms with E-state index in [0.29, 0.717) is 10.7 Å². The highest BCUT2D eigenvalue weighted by Gasteiger charge is 2.33. The van der Waals surface area contributed by atoms with Gasteiger partial charge in [-0.3, -0.25) is 13.9 Å². The normalized spacial score (nSPS) is 14.7. The minimum atomic E-state index is -4.10. The molecule has 0 aromatic heterocycles. The highest BCUT2D eigenvalue weighted by Crippen LogP contribution is 2.27. The zero-order valence-electron chi connectivity index (χ0n) is 23.8. The number of halogens is 1. The van der Waals surface area contributed by atoms with Gasteiger partial charge in [-0.15, -0.1) is 0 Å². The van der Waals surface area contributed by atoms with Crippen molar-refractivity contribution in [2.24, 2.45) is 0 Å². The maximum Gasteiger partial charge on any atom is 0.264 e. The second-order valence-electron chi connectivity index (χ2n) is 10.8. The Morgan fingerprint density at radius 1 is 0.927 bits per heavy atom. The van der Waals surface area contributed by atoms with Crippen LogP contribution in [0.3, 0.4) is 0 Å². The summed E-state index contributed by atoms with van der Waals surface area (Å²) in [6.45, 7) is 5.16. The summed E-state index contributed by atoms with van der Waals surface area (Å²) >= 11 is 6.23. The second-order valence-corrected chi connectivity index (χ2v) is 13.1. The van der Waals surface area contributed by atoms with Gasteiger partial charge in [0.25, 0.3) is 10.0 Å². The van der Waals surface area contributed by atoms with E-state index in [4.69, 9.17) is 11.6 Å². The van der Waals surface area contributed by atoms with Crippen LogP contribution in [0.1, 0.15) is 55.7 Å². The molecule has 1 aliphatic rings. The van der Waals surface area contributed by atoms with Crippen molar-refractivity contribution in [1.82, 2.24) is 10.2 Å². The Labute approximate surface area is 248 Å². The van der Waals surface area contributed by atoms with E-state index in [1.54, 1.807) is 55.5 Å². The average molecular weight is 596 g/mol. The van der Waals surface area contributed by atoms with Gasteiger partial charge in [0.15, 0.2) is 0 Å². The number of anilines is 1. The molecule has 0 bridgehead atoms. The van der Waals surface area contributed by atoms with E-state index in [-0.39, 0.29) is 23.4 Å². The van der Waals surface area contributed by atoms with Gasteiger partial charge >= 0.3 is 0 Å². The lowest BCUT2D eigenvalue weighted by molar-refractivity contribution is -0.139. The van der Waals surface area contributed by atoms with Gasteiger partial charge in [0.2, 0.25) is 11.8 Å². The minimum absolute atomic E-state index is 0.0762. The summed E-state index contributed by atoms with van der Waals surface area (Å²) in [5, 5.41) is 3.63. The van der Waals surface area contributed by atoms with E-state index < -0.39 is 28.5 Å². The molecule has 1 saturated carbocycles.